The summed E-state index contributed by atoms with van der Waals surface area (Å²) in [5, 5.41) is 8.98. The molecular formula is C13H16NO. The summed E-state index contributed by atoms with van der Waals surface area (Å²) in [6.07, 6.45) is 0.856. The maximum Gasteiger partial charge on any atom is 0.0994 e. The lowest BCUT2D eigenvalue weighted by atomic mass is 9.91. The summed E-state index contributed by atoms with van der Waals surface area (Å²) in [5.41, 5.74) is 2.97. The van der Waals surface area contributed by atoms with Crippen molar-refractivity contribution in [3.8, 4) is 6.07 Å². The largest absolute Gasteiger partial charge is 0.384 e. The molecule has 2 heteroatoms. The average Bonchev–Trinajstić information content (AvgIpc) is 2.28. The van der Waals surface area contributed by atoms with Crippen LogP contribution in [0.5, 0.6) is 0 Å². The van der Waals surface area contributed by atoms with Gasteiger partial charge in [-0.05, 0) is 30.5 Å². The van der Waals surface area contributed by atoms with E-state index in [1.807, 2.05) is 18.2 Å². The van der Waals surface area contributed by atoms with Crippen LogP contribution in [-0.2, 0) is 11.2 Å². The van der Waals surface area contributed by atoms with E-state index in [-0.39, 0.29) is 5.92 Å². The number of nitriles is 1. The number of nitrogens with zero attached hydrogens (tertiary/aromatic N) is 1. The highest BCUT2D eigenvalue weighted by Crippen LogP contribution is 2.23. The van der Waals surface area contributed by atoms with Gasteiger partial charge in [-0.3, -0.25) is 0 Å². The topological polar surface area (TPSA) is 33.0 Å². The van der Waals surface area contributed by atoms with Gasteiger partial charge in [-0.2, -0.15) is 5.26 Å². The Hall–Kier alpha value is -1.33. The molecule has 1 aromatic carbocycles. The summed E-state index contributed by atoms with van der Waals surface area (Å²) in [4.78, 5) is 0. The Labute approximate surface area is 91.5 Å². The minimum Gasteiger partial charge on any atom is -0.384 e. The summed E-state index contributed by atoms with van der Waals surface area (Å²) in [7, 11) is 1.66. The second kappa shape index (κ2) is 5.53. The van der Waals surface area contributed by atoms with Gasteiger partial charge >= 0.3 is 0 Å². The van der Waals surface area contributed by atoms with E-state index in [9.17, 15) is 0 Å². The maximum absolute atomic E-state index is 8.98. The number of hydrogen-bond donors (Lipinski definition) is 0. The molecule has 0 fully saturated rings. The monoisotopic (exact) mass is 202 g/mol. The third kappa shape index (κ3) is 2.57. The molecule has 1 radical (unpaired) electrons. The SMILES string of the molecule is [CH2]C(COC)c1cccc(C#N)c1CC. The molecule has 0 saturated carbocycles. The van der Waals surface area contributed by atoms with Crippen LogP contribution in [0.2, 0.25) is 0 Å². The first-order chi connectivity index (χ1) is 7.24. The van der Waals surface area contributed by atoms with Crippen molar-refractivity contribution in [1.29, 1.82) is 5.26 Å². The lowest BCUT2D eigenvalue weighted by Gasteiger charge is -2.15. The van der Waals surface area contributed by atoms with E-state index in [1.54, 1.807) is 7.11 Å². The number of ether oxygens (including phenoxy) is 1. The van der Waals surface area contributed by atoms with Crippen molar-refractivity contribution in [1.82, 2.24) is 0 Å². The predicted octanol–water partition coefficient (Wildman–Crippen LogP) is 2.68. The van der Waals surface area contributed by atoms with Crippen LogP contribution in [0.4, 0.5) is 0 Å². The molecule has 0 spiro atoms. The molecular weight excluding hydrogens is 186 g/mol. The molecule has 2 nitrogen and oxygen atoms in total. The van der Waals surface area contributed by atoms with Crippen molar-refractivity contribution >= 4 is 0 Å². The first-order valence-electron chi connectivity index (χ1n) is 5.08. The highest BCUT2D eigenvalue weighted by Gasteiger charge is 2.12. The molecule has 15 heavy (non-hydrogen) atoms. The maximum atomic E-state index is 8.98. The lowest BCUT2D eigenvalue weighted by Crippen LogP contribution is -2.06. The van der Waals surface area contributed by atoms with Crippen LogP contribution in [0.1, 0.15) is 29.5 Å². The van der Waals surface area contributed by atoms with Gasteiger partial charge in [0.25, 0.3) is 0 Å². The van der Waals surface area contributed by atoms with Crippen LogP contribution >= 0.6 is 0 Å². The van der Waals surface area contributed by atoms with E-state index in [0.29, 0.717) is 6.61 Å². The van der Waals surface area contributed by atoms with Gasteiger partial charge in [-0.1, -0.05) is 19.1 Å². The third-order valence-corrected chi connectivity index (χ3v) is 2.49. The molecule has 1 unspecified atom stereocenters. The Balaban J connectivity index is 3.12. The quantitative estimate of drug-likeness (QED) is 0.752. The average molecular weight is 202 g/mol. The lowest BCUT2D eigenvalue weighted by molar-refractivity contribution is 0.190. The Kier molecular flexibility index (Phi) is 4.33. The molecule has 0 amide bonds. The summed E-state index contributed by atoms with van der Waals surface area (Å²) in [6, 6.07) is 7.99. The summed E-state index contributed by atoms with van der Waals surface area (Å²) >= 11 is 0. The Morgan fingerprint density at radius 1 is 1.53 bits per heavy atom. The predicted molar refractivity (Wildman–Crippen MR) is 60.5 cm³/mol. The van der Waals surface area contributed by atoms with Crippen LogP contribution in [0.25, 0.3) is 0 Å². The van der Waals surface area contributed by atoms with Crippen LogP contribution in [0.15, 0.2) is 18.2 Å². The van der Waals surface area contributed by atoms with Gasteiger partial charge < -0.3 is 4.74 Å². The Bertz CT molecular complexity index is 365. The summed E-state index contributed by atoms with van der Waals surface area (Å²) < 4.78 is 5.09. The Morgan fingerprint density at radius 2 is 2.27 bits per heavy atom. The molecule has 0 bridgehead atoms. The normalized spacial score (nSPS) is 12.1. The number of methoxy groups -OCH3 is 1. The zero-order valence-corrected chi connectivity index (χ0v) is 9.29. The van der Waals surface area contributed by atoms with E-state index < -0.39 is 0 Å². The van der Waals surface area contributed by atoms with Crippen LogP contribution in [-0.4, -0.2) is 13.7 Å². The van der Waals surface area contributed by atoms with Crippen LogP contribution < -0.4 is 0 Å². The van der Waals surface area contributed by atoms with Crippen molar-refractivity contribution < 1.29 is 4.74 Å². The molecule has 0 aromatic heterocycles. The van der Waals surface area contributed by atoms with Gasteiger partial charge in [0, 0.05) is 13.0 Å². The van der Waals surface area contributed by atoms with E-state index in [4.69, 9.17) is 10.00 Å². The molecule has 0 N–H and O–H groups in total. The van der Waals surface area contributed by atoms with Crippen molar-refractivity contribution in [2.75, 3.05) is 13.7 Å². The zero-order chi connectivity index (χ0) is 11.3. The second-order valence-corrected chi connectivity index (χ2v) is 3.49. The van der Waals surface area contributed by atoms with Gasteiger partial charge in [-0.15, -0.1) is 0 Å². The molecule has 0 aliphatic rings. The minimum absolute atomic E-state index is 0.0956. The zero-order valence-electron chi connectivity index (χ0n) is 9.29. The van der Waals surface area contributed by atoms with Gasteiger partial charge in [0.1, 0.15) is 0 Å². The molecule has 79 valence electrons. The number of rotatable bonds is 4. The molecule has 0 saturated heterocycles. The van der Waals surface area contributed by atoms with Crippen molar-refractivity contribution in [3.05, 3.63) is 41.8 Å². The van der Waals surface area contributed by atoms with Crippen LogP contribution in [0, 0.1) is 18.3 Å². The van der Waals surface area contributed by atoms with E-state index in [0.717, 1.165) is 23.1 Å². The van der Waals surface area contributed by atoms with E-state index in [2.05, 4.69) is 19.9 Å². The fourth-order valence-corrected chi connectivity index (χ4v) is 1.78. The summed E-state index contributed by atoms with van der Waals surface area (Å²) in [6.45, 7) is 6.69. The van der Waals surface area contributed by atoms with Gasteiger partial charge in [0.2, 0.25) is 0 Å². The first kappa shape index (κ1) is 11.7. The molecule has 1 atom stereocenters. The Morgan fingerprint density at radius 3 is 2.80 bits per heavy atom. The second-order valence-electron chi connectivity index (χ2n) is 3.49. The first-order valence-corrected chi connectivity index (χ1v) is 5.08. The molecule has 1 aromatic rings. The highest BCUT2D eigenvalue weighted by molar-refractivity contribution is 5.44. The van der Waals surface area contributed by atoms with Crippen molar-refractivity contribution in [3.63, 3.8) is 0 Å². The number of hydrogen-bond acceptors (Lipinski definition) is 2. The van der Waals surface area contributed by atoms with E-state index in [1.165, 1.54) is 0 Å². The van der Waals surface area contributed by atoms with Crippen molar-refractivity contribution in [2.24, 2.45) is 0 Å². The fraction of sp³-hybridized carbons (Fsp3) is 0.385. The molecule has 0 aliphatic carbocycles. The third-order valence-electron chi connectivity index (χ3n) is 2.49. The van der Waals surface area contributed by atoms with Gasteiger partial charge in [0.05, 0.1) is 18.2 Å². The highest BCUT2D eigenvalue weighted by atomic mass is 16.5. The van der Waals surface area contributed by atoms with Crippen molar-refractivity contribution in [2.45, 2.75) is 19.3 Å². The van der Waals surface area contributed by atoms with Gasteiger partial charge in [0.15, 0.2) is 0 Å². The fourth-order valence-electron chi connectivity index (χ4n) is 1.78. The molecule has 0 aliphatic heterocycles. The van der Waals surface area contributed by atoms with Gasteiger partial charge in [-0.25, -0.2) is 0 Å². The molecule has 1 rings (SSSR count). The smallest absolute Gasteiger partial charge is 0.0994 e. The minimum atomic E-state index is 0.0956. The standard InChI is InChI=1S/C13H16NO/c1-4-12-11(8-14)6-5-7-13(12)10(2)9-15-3/h5-7,10H,2,4,9H2,1,3H3. The van der Waals surface area contributed by atoms with E-state index >= 15 is 0 Å². The van der Waals surface area contributed by atoms with Crippen LogP contribution in [0.3, 0.4) is 0 Å². The number of benzene rings is 1. The summed E-state index contributed by atoms with van der Waals surface area (Å²) in [5.74, 6) is 0.0956. The molecule has 0 heterocycles.